The molecule has 0 saturated carbocycles. The van der Waals surface area contributed by atoms with E-state index in [4.69, 9.17) is 0 Å². The van der Waals surface area contributed by atoms with Gasteiger partial charge in [0.15, 0.2) is 0 Å². The Labute approximate surface area is 155 Å². The van der Waals surface area contributed by atoms with Gasteiger partial charge in [-0.2, -0.15) is 0 Å². The average molecular weight is 343 g/mol. The summed E-state index contributed by atoms with van der Waals surface area (Å²) in [5.41, 5.74) is 6.08. The Balaban J connectivity index is 1.52. The molecule has 26 heavy (non-hydrogen) atoms. The molecule has 3 nitrogen and oxygen atoms in total. The first-order valence-electron chi connectivity index (χ1n) is 9.44. The van der Waals surface area contributed by atoms with Crippen molar-refractivity contribution in [1.82, 2.24) is 14.9 Å². The molecule has 1 saturated heterocycles. The van der Waals surface area contributed by atoms with Gasteiger partial charge in [0.1, 0.15) is 6.33 Å². The fraction of sp³-hybridized carbons (Fsp3) is 0.304. The van der Waals surface area contributed by atoms with Crippen LogP contribution in [0.2, 0.25) is 0 Å². The van der Waals surface area contributed by atoms with Crippen LogP contribution in [0.4, 0.5) is 0 Å². The van der Waals surface area contributed by atoms with E-state index in [0.717, 1.165) is 11.1 Å². The van der Waals surface area contributed by atoms with Crippen molar-refractivity contribution in [2.45, 2.75) is 38.8 Å². The number of rotatable bonds is 4. The Kier molecular flexibility index (Phi) is 4.81. The molecule has 1 aliphatic heterocycles. The standard InChI is InChI=1S/C23H25N3/c1-17-4-3-13-26(17)18(2)19-5-7-20(8-6-19)21-9-11-22(12-10-21)23-14-24-16-25-15-23/h5-12,14-18H,3-4,13H2,1-2H3. The van der Waals surface area contributed by atoms with E-state index in [2.05, 4.69) is 77.2 Å². The van der Waals surface area contributed by atoms with Crippen LogP contribution in [0.15, 0.2) is 67.3 Å². The molecule has 2 unspecified atom stereocenters. The molecule has 2 atom stereocenters. The highest BCUT2D eigenvalue weighted by molar-refractivity contribution is 5.69. The second kappa shape index (κ2) is 7.38. The summed E-state index contributed by atoms with van der Waals surface area (Å²) in [7, 11) is 0. The summed E-state index contributed by atoms with van der Waals surface area (Å²) >= 11 is 0. The van der Waals surface area contributed by atoms with Crippen LogP contribution in [-0.4, -0.2) is 27.5 Å². The van der Waals surface area contributed by atoms with Crippen molar-refractivity contribution < 1.29 is 0 Å². The number of benzene rings is 2. The average Bonchev–Trinajstić information content (AvgIpc) is 3.14. The quantitative estimate of drug-likeness (QED) is 0.639. The molecule has 2 aromatic carbocycles. The zero-order chi connectivity index (χ0) is 17.9. The molecule has 0 aliphatic carbocycles. The van der Waals surface area contributed by atoms with Gasteiger partial charge >= 0.3 is 0 Å². The Morgan fingerprint density at radius 3 is 1.92 bits per heavy atom. The SMILES string of the molecule is CC1CCCN1C(C)c1ccc(-c2ccc(-c3cncnc3)cc2)cc1. The first-order chi connectivity index (χ1) is 12.7. The zero-order valence-corrected chi connectivity index (χ0v) is 15.5. The number of hydrogen-bond donors (Lipinski definition) is 0. The lowest BCUT2D eigenvalue weighted by Gasteiger charge is -2.29. The van der Waals surface area contributed by atoms with E-state index in [1.165, 1.54) is 36.1 Å². The monoisotopic (exact) mass is 343 g/mol. The first-order valence-corrected chi connectivity index (χ1v) is 9.44. The number of aromatic nitrogens is 2. The van der Waals surface area contributed by atoms with Gasteiger partial charge in [0.25, 0.3) is 0 Å². The summed E-state index contributed by atoms with van der Waals surface area (Å²) in [6.07, 6.45) is 7.89. The summed E-state index contributed by atoms with van der Waals surface area (Å²) in [6, 6.07) is 18.8. The van der Waals surface area contributed by atoms with E-state index < -0.39 is 0 Å². The third-order valence-corrected chi connectivity index (χ3v) is 5.61. The van der Waals surface area contributed by atoms with Gasteiger partial charge in [-0.1, -0.05) is 48.5 Å². The van der Waals surface area contributed by atoms with Crippen LogP contribution in [0.5, 0.6) is 0 Å². The van der Waals surface area contributed by atoms with E-state index in [1.807, 2.05) is 12.4 Å². The minimum atomic E-state index is 0.488. The lowest BCUT2D eigenvalue weighted by Crippen LogP contribution is -2.29. The topological polar surface area (TPSA) is 29.0 Å². The van der Waals surface area contributed by atoms with E-state index in [0.29, 0.717) is 12.1 Å². The molecular weight excluding hydrogens is 318 g/mol. The highest BCUT2D eigenvalue weighted by Gasteiger charge is 2.25. The lowest BCUT2D eigenvalue weighted by molar-refractivity contribution is 0.204. The fourth-order valence-corrected chi connectivity index (χ4v) is 3.98. The van der Waals surface area contributed by atoms with Crippen LogP contribution in [0.3, 0.4) is 0 Å². The van der Waals surface area contributed by atoms with Gasteiger partial charge in [0.05, 0.1) is 0 Å². The highest BCUT2D eigenvalue weighted by Crippen LogP contribution is 2.30. The van der Waals surface area contributed by atoms with Crippen molar-refractivity contribution >= 4 is 0 Å². The number of nitrogens with zero attached hydrogens (tertiary/aromatic N) is 3. The summed E-state index contributed by atoms with van der Waals surface area (Å²) in [4.78, 5) is 10.8. The van der Waals surface area contributed by atoms with E-state index >= 15 is 0 Å². The maximum atomic E-state index is 4.09. The minimum absolute atomic E-state index is 0.488. The molecule has 3 aromatic rings. The highest BCUT2D eigenvalue weighted by atomic mass is 15.2. The predicted molar refractivity (Wildman–Crippen MR) is 107 cm³/mol. The molecule has 0 spiro atoms. The molecule has 1 fully saturated rings. The Hall–Kier alpha value is -2.52. The Bertz CT molecular complexity index is 841. The van der Waals surface area contributed by atoms with Crippen molar-refractivity contribution in [2.24, 2.45) is 0 Å². The maximum Gasteiger partial charge on any atom is 0.115 e. The molecule has 0 bridgehead atoms. The van der Waals surface area contributed by atoms with E-state index in [-0.39, 0.29) is 0 Å². The summed E-state index contributed by atoms with van der Waals surface area (Å²) in [5.74, 6) is 0. The van der Waals surface area contributed by atoms with Crippen molar-refractivity contribution in [3.05, 3.63) is 72.8 Å². The third-order valence-electron chi connectivity index (χ3n) is 5.61. The minimum Gasteiger partial charge on any atom is -0.294 e. The molecule has 0 radical (unpaired) electrons. The molecule has 4 rings (SSSR count). The molecule has 0 amide bonds. The Morgan fingerprint density at radius 1 is 0.846 bits per heavy atom. The van der Waals surface area contributed by atoms with Gasteiger partial charge in [-0.3, -0.25) is 4.90 Å². The van der Waals surface area contributed by atoms with Crippen LogP contribution in [0, 0.1) is 0 Å². The lowest BCUT2D eigenvalue weighted by atomic mass is 9.99. The summed E-state index contributed by atoms with van der Waals surface area (Å²) in [6.45, 7) is 5.89. The largest absolute Gasteiger partial charge is 0.294 e. The zero-order valence-electron chi connectivity index (χ0n) is 15.5. The molecule has 0 N–H and O–H groups in total. The Morgan fingerprint density at radius 2 is 1.38 bits per heavy atom. The van der Waals surface area contributed by atoms with Crippen molar-refractivity contribution in [2.75, 3.05) is 6.54 Å². The van der Waals surface area contributed by atoms with Crippen LogP contribution >= 0.6 is 0 Å². The molecule has 132 valence electrons. The van der Waals surface area contributed by atoms with Gasteiger partial charge in [-0.25, -0.2) is 9.97 Å². The first kappa shape index (κ1) is 16.9. The molecule has 1 aliphatic rings. The molecule has 1 aromatic heterocycles. The predicted octanol–water partition coefficient (Wildman–Crippen LogP) is 5.36. The molecular formula is C23H25N3. The van der Waals surface area contributed by atoms with E-state index in [9.17, 15) is 0 Å². The molecule has 3 heteroatoms. The van der Waals surface area contributed by atoms with Crippen molar-refractivity contribution in [3.8, 4) is 22.3 Å². The second-order valence-corrected chi connectivity index (χ2v) is 7.23. The summed E-state index contributed by atoms with van der Waals surface area (Å²) < 4.78 is 0. The molecule has 2 heterocycles. The third kappa shape index (κ3) is 3.40. The summed E-state index contributed by atoms with van der Waals surface area (Å²) in [5, 5.41) is 0. The normalized spacial score (nSPS) is 18.8. The van der Waals surface area contributed by atoms with Crippen LogP contribution in [0.25, 0.3) is 22.3 Å². The second-order valence-electron chi connectivity index (χ2n) is 7.23. The van der Waals surface area contributed by atoms with E-state index in [1.54, 1.807) is 6.33 Å². The van der Waals surface area contributed by atoms with Crippen LogP contribution in [0.1, 0.15) is 38.3 Å². The fourth-order valence-electron chi connectivity index (χ4n) is 3.98. The number of likely N-dealkylation sites (tertiary alicyclic amines) is 1. The van der Waals surface area contributed by atoms with Crippen LogP contribution in [-0.2, 0) is 0 Å². The van der Waals surface area contributed by atoms with Gasteiger partial charge in [0.2, 0.25) is 0 Å². The maximum absolute atomic E-state index is 4.09. The van der Waals surface area contributed by atoms with Gasteiger partial charge < -0.3 is 0 Å². The van der Waals surface area contributed by atoms with Crippen molar-refractivity contribution in [3.63, 3.8) is 0 Å². The van der Waals surface area contributed by atoms with Gasteiger partial charge in [0, 0.05) is 30.0 Å². The van der Waals surface area contributed by atoms with Gasteiger partial charge in [-0.05, 0) is 55.5 Å². The van der Waals surface area contributed by atoms with Crippen molar-refractivity contribution in [1.29, 1.82) is 0 Å². The van der Waals surface area contributed by atoms with Gasteiger partial charge in [-0.15, -0.1) is 0 Å². The number of hydrogen-bond acceptors (Lipinski definition) is 3. The van der Waals surface area contributed by atoms with Crippen LogP contribution < -0.4 is 0 Å². The smallest absolute Gasteiger partial charge is 0.115 e.